The summed E-state index contributed by atoms with van der Waals surface area (Å²) in [6, 6.07) is 8.41. The molecule has 0 saturated carbocycles. The second-order valence-corrected chi connectivity index (χ2v) is 6.22. The molecule has 3 N–H and O–H groups in total. The third-order valence-electron chi connectivity index (χ3n) is 3.41. The van der Waals surface area contributed by atoms with Gasteiger partial charge < -0.3 is 15.6 Å². The first kappa shape index (κ1) is 17.8. The maximum atomic E-state index is 5.93. The molecule has 4 nitrogen and oxygen atoms in total. The van der Waals surface area contributed by atoms with E-state index in [4.69, 9.17) is 5.73 Å². The summed E-state index contributed by atoms with van der Waals surface area (Å²) in [6.07, 6.45) is 0. The first-order valence-electron chi connectivity index (χ1n) is 6.90. The standard InChI is InChI=1S/C16H24N4.HI/c1-11-12-8-6-7-9-13(12)20(5)14(11)10-18-15(17)19-16(2,3)4;/h6-9H,10H2,1-5H3,(H3,17,18,19);1H. The molecule has 0 spiro atoms. The molecular formula is C16H25IN4. The minimum Gasteiger partial charge on any atom is -0.370 e. The molecule has 1 heterocycles. The van der Waals surface area contributed by atoms with Crippen LogP contribution < -0.4 is 11.1 Å². The number of nitrogens with one attached hydrogen (secondary N) is 1. The lowest BCUT2D eigenvalue weighted by Gasteiger charge is -2.21. The predicted octanol–water partition coefficient (Wildman–Crippen LogP) is 3.31. The number of guanidine groups is 1. The van der Waals surface area contributed by atoms with E-state index in [1.54, 1.807) is 0 Å². The van der Waals surface area contributed by atoms with Gasteiger partial charge in [-0.05, 0) is 39.3 Å². The minimum absolute atomic E-state index is 0. The summed E-state index contributed by atoms with van der Waals surface area (Å²) in [4.78, 5) is 4.46. The smallest absolute Gasteiger partial charge is 0.189 e. The number of nitrogens with zero attached hydrogens (tertiary/aromatic N) is 2. The fraction of sp³-hybridized carbons (Fsp3) is 0.438. The summed E-state index contributed by atoms with van der Waals surface area (Å²) < 4.78 is 2.19. The number of hydrogen-bond acceptors (Lipinski definition) is 1. The normalized spacial score (nSPS) is 12.3. The van der Waals surface area contributed by atoms with E-state index >= 15 is 0 Å². The van der Waals surface area contributed by atoms with Crippen LogP contribution in [0.3, 0.4) is 0 Å². The van der Waals surface area contributed by atoms with Gasteiger partial charge in [-0.25, -0.2) is 4.99 Å². The third kappa shape index (κ3) is 4.12. The van der Waals surface area contributed by atoms with E-state index in [1.165, 1.54) is 22.2 Å². The van der Waals surface area contributed by atoms with Crippen molar-refractivity contribution in [2.24, 2.45) is 17.8 Å². The molecule has 0 aliphatic carbocycles. The van der Waals surface area contributed by atoms with Crippen LogP contribution in [-0.4, -0.2) is 16.1 Å². The van der Waals surface area contributed by atoms with Crippen molar-refractivity contribution >= 4 is 40.8 Å². The number of nitrogens with two attached hydrogens (primary N) is 1. The monoisotopic (exact) mass is 400 g/mol. The molecule has 2 rings (SSSR count). The zero-order valence-corrected chi connectivity index (χ0v) is 15.7. The lowest BCUT2D eigenvalue weighted by molar-refractivity contribution is 0.508. The third-order valence-corrected chi connectivity index (χ3v) is 3.41. The van der Waals surface area contributed by atoms with Gasteiger partial charge in [0.15, 0.2) is 5.96 Å². The van der Waals surface area contributed by atoms with E-state index in [1.807, 2.05) is 0 Å². The topological polar surface area (TPSA) is 55.3 Å². The zero-order valence-electron chi connectivity index (χ0n) is 13.4. The lowest BCUT2D eigenvalue weighted by atomic mass is 10.1. The Kier molecular flexibility index (Phi) is 5.67. The highest BCUT2D eigenvalue weighted by Gasteiger charge is 2.12. The number of para-hydroxylation sites is 1. The van der Waals surface area contributed by atoms with Gasteiger partial charge in [0.1, 0.15) is 0 Å². The Labute approximate surface area is 143 Å². The van der Waals surface area contributed by atoms with Crippen molar-refractivity contribution in [2.45, 2.75) is 39.8 Å². The summed E-state index contributed by atoms with van der Waals surface area (Å²) in [7, 11) is 2.08. The van der Waals surface area contributed by atoms with Gasteiger partial charge in [-0.1, -0.05) is 18.2 Å². The second-order valence-electron chi connectivity index (χ2n) is 6.22. The highest BCUT2D eigenvalue weighted by molar-refractivity contribution is 14.0. The zero-order chi connectivity index (χ0) is 14.9. The van der Waals surface area contributed by atoms with Gasteiger partial charge in [-0.3, -0.25) is 0 Å². The van der Waals surface area contributed by atoms with Gasteiger partial charge >= 0.3 is 0 Å². The van der Waals surface area contributed by atoms with Crippen molar-refractivity contribution in [1.82, 2.24) is 9.88 Å². The van der Waals surface area contributed by atoms with Gasteiger partial charge in [0.05, 0.1) is 6.54 Å². The SMILES string of the molecule is Cc1c(CN=C(N)NC(C)(C)C)n(C)c2ccccc12.I. The van der Waals surface area contributed by atoms with Crippen molar-refractivity contribution < 1.29 is 0 Å². The summed E-state index contributed by atoms with van der Waals surface area (Å²) in [5.74, 6) is 0.488. The van der Waals surface area contributed by atoms with E-state index < -0.39 is 0 Å². The molecule has 0 bridgehead atoms. The summed E-state index contributed by atoms with van der Waals surface area (Å²) in [6.45, 7) is 8.93. The second kappa shape index (κ2) is 6.68. The van der Waals surface area contributed by atoms with Crippen LogP contribution in [0, 0.1) is 6.92 Å². The molecule has 21 heavy (non-hydrogen) atoms. The Morgan fingerprint density at radius 2 is 1.90 bits per heavy atom. The van der Waals surface area contributed by atoms with Gasteiger partial charge in [-0.2, -0.15) is 0 Å². The summed E-state index contributed by atoms with van der Waals surface area (Å²) in [5, 5.41) is 4.46. The fourth-order valence-corrected chi connectivity index (χ4v) is 2.44. The maximum absolute atomic E-state index is 5.93. The van der Waals surface area contributed by atoms with Gasteiger partial charge in [0.2, 0.25) is 0 Å². The molecule has 0 aliphatic rings. The molecule has 116 valence electrons. The van der Waals surface area contributed by atoms with Crippen molar-refractivity contribution in [3.8, 4) is 0 Å². The van der Waals surface area contributed by atoms with Crippen LogP contribution >= 0.6 is 24.0 Å². The van der Waals surface area contributed by atoms with Crippen molar-refractivity contribution in [1.29, 1.82) is 0 Å². The molecule has 5 heteroatoms. The number of rotatable bonds is 2. The number of benzene rings is 1. The van der Waals surface area contributed by atoms with Crippen molar-refractivity contribution in [2.75, 3.05) is 0 Å². The molecule has 0 atom stereocenters. The van der Waals surface area contributed by atoms with E-state index in [9.17, 15) is 0 Å². The van der Waals surface area contributed by atoms with E-state index in [0.29, 0.717) is 12.5 Å². The largest absolute Gasteiger partial charge is 0.370 e. The highest BCUT2D eigenvalue weighted by Crippen LogP contribution is 2.24. The van der Waals surface area contributed by atoms with Crippen LogP contribution in [0.25, 0.3) is 10.9 Å². The molecule has 0 radical (unpaired) electrons. The van der Waals surface area contributed by atoms with Crippen molar-refractivity contribution in [3.63, 3.8) is 0 Å². The van der Waals surface area contributed by atoms with Gasteiger partial charge in [0, 0.05) is 29.2 Å². The van der Waals surface area contributed by atoms with Crippen molar-refractivity contribution in [3.05, 3.63) is 35.5 Å². The van der Waals surface area contributed by atoms with E-state index in [0.717, 1.165) is 0 Å². The Balaban J connectivity index is 0.00000220. The molecule has 0 aliphatic heterocycles. The van der Waals surface area contributed by atoms with E-state index in [2.05, 4.69) is 73.9 Å². The number of fused-ring (bicyclic) bond motifs is 1. The molecular weight excluding hydrogens is 375 g/mol. The molecule has 0 unspecified atom stereocenters. The van der Waals surface area contributed by atoms with Crippen LogP contribution in [0.2, 0.25) is 0 Å². The first-order valence-corrected chi connectivity index (χ1v) is 6.90. The highest BCUT2D eigenvalue weighted by atomic mass is 127. The quantitative estimate of drug-likeness (QED) is 0.462. The Morgan fingerprint density at radius 1 is 1.29 bits per heavy atom. The predicted molar refractivity (Wildman–Crippen MR) is 101 cm³/mol. The Hall–Kier alpha value is -1.24. The molecule has 1 aromatic heterocycles. The van der Waals surface area contributed by atoms with Gasteiger partial charge in [0.25, 0.3) is 0 Å². The fourth-order valence-electron chi connectivity index (χ4n) is 2.44. The maximum Gasteiger partial charge on any atom is 0.189 e. The van der Waals surface area contributed by atoms with Crippen LogP contribution in [-0.2, 0) is 13.6 Å². The van der Waals surface area contributed by atoms with Crippen LogP contribution in [0.5, 0.6) is 0 Å². The van der Waals surface area contributed by atoms with Crippen LogP contribution in [0.15, 0.2) is 29.3 Å². The number of aryl methyl sites for hydroxylation is 2. The Morgan fingerprint density at radius 3 is 2.48 bits per heavy atom. The molecule has 0 saturated heterocycles. The number of aliphatic imine (C=N–C) groups is 1. The Bertz CT molecular complexity index is 611. The first-order chi connectivity index (χ1) is 9.29. The average Bonchev–Trinajstić information content (AvgIpc) is 2.59. The van der Waals surface area contributed by atoms with Crippen LogP contribution in [0.1, 0.15) is 32.0 Å². The molecule has 1 aromatic carbocycles. The van der Waals surface area contributed by atoms with Gasteiger partial charge in [-0.15, -0.1) is 24.0 Å². The minimum atomic E-state index is -0.0679. The molecule has 0 amide bonds. The molecule has 0 fully saturated rings. The van der Waals surface area contributed by atoms with E-state index in [-0.39, 0.29) is 29.5 Å². The number of aromatic nitrogens is 1. The molecule has 2 aromatic rings. The lowest BCUT2D eigenvalue weighted by Crippen LogP contribution is -2.45. The summed E-state index contributed by atoms with van der Waals surface area (Å²) >= 11 is 0. The summed E-state index contributed by atoms with van der Waals surface area (Å²) in [5.41, 5.74) is 9.57. The number of halogens is 1. The number of hydrogen-bond donors (Lipinski definition) is 2. The average molecular weight is 400 g/mol. The van der Waals surface area contributed by atoms with Crippen LogP contribution in [0.4, 0.5) is 0 Å².